The summed E-state index contributed by atoms with van der Waals surface area (Å²) in [4.78, 5) is 4.79. The lowest BCUT2D eigenvalue weighted by Gasteiger charge is -2.37. The normalized spacial score (nSPS) is 24.3. The molecule has 0 aliphatic carbocycles. The Morgan fingerprint density at radius 1 is 1.37 bits per heavy atom. The second-order valence-corrected chi connectivity index (χ2v) is 5.69. The first kappa shape index (κ1) is 12.8. The fraction of sp³-hybridized carbons (Fsp3) is 0.600. The second-order valence-electron chi connectivity index (χ2n) is 5.69. The molecule has 0 saturated carbocycles. The van der Waals surface area contributed by atoms with Crippen molar-refractivity contribution in [3.63, 3.8) is 0 Å². The van der Waals surface area contributed by atoms with Gasteiger partial charge in [0.15, 0.2) is 0 Å². The Balaban J connectivity index is 1.74. The fourth-order valence-corrected chi connectivity index (χ4v) is 3.08. The van der Waals surface area contributed by atoms with Gasteiger partial charge >= 0.3 is 0 Å². The third-order valence-electron chi connectivity index (χ3n) is 4.09. The minimum atomic E-state index is 0.311. The zero-order chi connectivity index (χ0) is 13.2. The predicted molar refractivity (Wildman–Crippen MR) is 78.6 cm³/mol. The number of morpholine rings is 1. The van der Waals surface area contributed by atoms with Crippen LogP contribution >= 0.6 is 0 Å². The van der Waals surface area contributed by atoms with E-state index in [9.17, 15) is 0 Å². The van der Waals surface area contributed by atoms with Crippen LogP contribution in [0.4, 0.5) is 11.4 Å². The van der Waals surface area contributed by atoms with E-state index in [2.05, 4.69) is 29.0 Å². The van der Waals surface area contributed by atoms with Crippen LogP contribution in [0.1, 0.15) is 12.0 Å². The molecule has 0 bridgehead atoms. The lowest BCUT2D eigenvalue weighted by Crippen LogP contribution is -2.47. The molecule has 0 aromatic heterocycles. The summed E-state index contributed by atoms with van der Waals surface area (Å²) in [6.07, 6.45) is 2.70. The second kappa shape index (κ2) is 5.39. The minimum Gasteiger partial charge on any atom is -0.399 e. The summed E-state index contributed by atoms with van der Waals surface area (Å²) in [5, 5.41) is 0. The first-order chi connectivity index (χ1) is 9.22. The standard InChI is InChI=1S/C15H23N3O/c1-17-7-8-19-14(10-17)11-18-6-2-3-12-4-5-13(16)9-15(12)18/h4-5,9,14H,2-3,6-8,10-11,16H2,1H3. The maximum Gasteiger partial charge on any atom is 0.0876 e. The Labute approximate surface area is 115 Å². The monoisotopic (exact) mass is 261 g/mol. The Morgan fingerprint density at radius 3 is 3.11 bits per heavy atom. The summed E-state index contributed by atoms with van der Waals surface area (Å²) in [5.41, 5.74) is 9.52. The highest BCUT2D eigenvalue weighted by atomic mass is 16.5. The van der Waals surface area contributed by atoms with Gasteiger partial charge in [0.2, 0.25) is 0 Å². The van der Waals surface area contributed by atoms with Gasteiger partial charge in [0.1, 0.15) is 0 Å². The van der Waals surface area contributed by atoms with Gasteiger partial charge in [0, 0.05) is 37.6 Å². The van der Waals surface area contributed by atoms with Crippen molar-refractivity contribution in [3.8, 4) is 0 Å². The van der Waals surface area contributed by atoms with Gasteiger partial charge in [-0.25, -0.2) is 0 Å². The summed E-state index contributed by atoms with van der Waals surface area (Å²) in [6, 6.07) is 6.29. The van der Waals surface area contributed by atoms with Crippen LogP contribution in [0.5, 0.6) is 0 Å². The number of hydrogen-bond acceptors (Lipinski definition) is 4. The minimum absolute atomic E-state index is 0.311. The van der Waals surface area contributed by atoms with E-state index in [1.54, 1.807) is 0 Å². The molecule has 104 valence electrons. The molecule has 3 rings (SSSR count). The van der Waals surface area contributed by atoms with Gasteiger partial charge in [-0.2, -0.15) is 0 Å². The topological polar surface area (TPSA) is 41.7 Å². The van der Waals surface area contributed by atoms with Gasteiger partial charge in [-0.15, -0.1) is 0 Å². The van der Waals surface area contributed by atoms with Crippen molar-refractivity contribution in [1.82, 2.24) is 4.90 Å². The van der Waals surface area contributed by atoms with Crippen molar-refractivity contribution in [2.75, 3.05) is 50.5 Å². The van der Waals surface area contributed by atoms with E-state index in [0.29, 0.717) is 6.10 Å². The molecule has 0 spiro atoms. The van der Waals surface area contributed by atoms with E-state index in [4.69, 9.17) is 10.5 Å². The molecule has 2 aliphatic heterocycles. The fourth-order valence-electron chi connectivity index (χ4n) is 3.08. The van der Waals surface area contributed by atoms with Crippen molar-refractivity contribution >= 4 is 11.4 Å². The first-order valence-corrected chi connectivity index (χ1v) is 7.16. The molecule has 4 heteroatoms. The molecule has 1 aromatic carbocycles. The number of nitrogens with zero attached hydrogens (tertiary/aromatic N) is 2. The zero-order valence-electron chi connectivity index (χ0n) is 11.6. The van der Waals surface area contributed by atoms with Gasteiger partial charge in [0.25, 0.3) is 0 Å². The Bertz CT molecular complexity index is 449. The summed E-state index contributed by atoms with van der Waals surface area (Å²) < 4.78 is 5.88. The zero-order valence-corrected chi connectivity index (χ0v) is 11.6. The molecule has 0 amide bonds. The molecular weight excluding hydrogens is 238 g/mol. The van der Waals surface area contributed by atoms with E-state index >= 15 is 0 Å². The Hall–Kier alpha value is -1.26. The van der Waals surface area contributed by atoms with E-state index in [0.717, 1.165) is 44.9 Å². The summed E-state index contributed by atoms with van der Waals surface area (Å²) in [7, 11) is 2.16. The molecule has 1 atom stereocenters. The lowest BCUT2D eigenvalue weighted by molar-refractivity contribution is -0.0148. The molecule has 4 nitrogen and oxygen atoms in total. The maximum atomic E-state index is 5.93. The average molecular weight is 261 g/mol. The summed E-state index contributed by atoms with van der Waals surface area (Å²) in [6.45, 7) is 4.99. The van der Waals surface area contributed by atoms with Crippen LogP contribution in [-0.4, -0.2) is 50.8 Å². The van der Waals surface area contributed by atoms with Gasteiger partial charge in [-0.3, -0.25) is 0 Å². The lowest BCUT2D eigenvalue weighted by atomic mass is 10.0. The first-order valence-electron chi connectivity index (χ1n) is 7.16. The number of benzene rings is 1. The highest BCUT2D eigenvalue weighted by molar-refractivity contribution is 5.62. The van der Waals surface area contributed by atoms with E-state index in [-0.39, 0.29) is 0 Å². The van der Waals surface area contributed by atoms with Gasteiger partial charge in [-0.1, -0.05) is 6.07 Å². The van der Waals surface area contributed by atoms with Crippen LogP contribution in [-0.2, 0) is 11.2 Å². The number of fused-ring (bicyclic) bond motifs is 1. The molecular formula is C15H23N3O. The van der Waals surface area contributed by atoms with E-state index in [1.807, 2.05) is 6.07 Å². The van der Waals surface area contributed by atoms with Crippen molar-refractivity contribution in [1.29, 1.82) is 0 Å². The van der Waals surface area contributed by atoms with Gasteiger partial charge in [0.05, 0.1) is 12.7 Å². The Kier molecular flexibility index (Phi) is 3.62. The van der Waals surface area contributed by atoms with Gasteiger partial charge in [-0.05, 0) is 37.6 Å². The number of ether oxygens (including phenoxy) is 1. The van der Waals surface area contributed by atoms with Crippen LogP contribution in [0, 0.1) is 0 Å². The van der Waals surface area contributed by atoms with Crippen LogP contribution in [0.25, 0.3) is 0 Å². The van der Waals surface area contributed by atoms with Crippen molar-refractivity contribution in [2.24, 2.45) is 0 Å². The smallest absolute Gasteiger partial charge is 0.0876 e. The van der Waals surface area contributed by atoms with Crippen LogP contribution in [0.3, 0.4) is 0 Å². The number of hydrogen-bond donors (Lipinski definition) is 1. The predicted octanol–water partition coefficient (Wildman–Crippen LogP) is 1.35. The third kappa shape index (κ3) is 2.85. The number of aryl methyl sites for hydroxylation is 1. The van der Waals surface area contributed by atoms with Crippen LogP contribution in [0.2, 0.25) is 0 Å². The molecule has 2 heterocycles. The molecule has 1 aromatic rings. The number of anilines is 2. The largest absolute Gasteiger partial charge is 0.399 e. The van der Waals surface area contributed by atoms with Gasteiger partial charge < -0.3 is 20.3 Å². The van der Waals surface area contributed by atoms with Crippen molar-refractivity contribution in [2.45, 2.75) is 18.9 Å². The average Bonchev–Trinajstić information content (AvgIpc) is 2.39. The quantitative estimate of drug-likeness (QED) is 0.816. The number of nitrogens with two attached hydrogens (primary N) is 1. The molecule has 1 unspecified atom stereocenters. The summed E-state index contributed by atoms with van der Waals surface area (Å²) in [5.74, 6) is 0. The maximum absolute atomic E-state index is 5.93. The van der Waals surface area contributed by atoms with E-state index in [1.165, 1.54) is 17.7 Å². The number of rotatable bonds is 2. The SMILES string of the molecule is CN1CCOC(CN2CCCc3ccc(N)cc32)C1. The van der Waals surface area contributed by atoms with Crippen molar-refractivity contribution in [3.05, 3.63) is 23.8 Å². The van der Waals surface area contributed by atoms with Crippen LogP contribution in [0.15, 0.2) is 18.2 Å². The highest BCUT2D eigenvalue weighted by Crippen LogP contribution is 2.29. The van der Waals surface area contributed by atoms with Crippen molar-refractivity contribution < 1.29 is 4.74 Å². The van der Waals surface area contributed by atoms with E-state index < -0.39 is 0 Å². The molecule has 1 saturated heterocycles. The number of nitrogen functional groups attached to an aromatic ring is 1. The third-order valence-corrected chi connectivity index (χ3v) is 4.09. The highest BCUT2D eigenvalue weighted by Gasteiger charge is 2.23. The molecule has 1 fully saturated rings. The molecule has 19 heavy (non-hydrogen) atoms. The molecule has 2 aliphatic rings. The summed E-state index contributed by atoms with van der Waals surface area (Å²) >= 11 is 0. The molecule has 0 radical (unpaired) electrons. The Morgan fingerprint density at radius 2 is 2.26 bits per heavy atom. The van der Waals surface area contributed by atoms with Crippen LogP contribution < -0.4 is 10.6 Å². The number of likely N-dealkylation sites (N-methyl/N-ethyl adjacent to an activating group) is 1. The molecule has 2 N–H and O–H groups in total.